The number of sulfonamides is 1. The molecule has 1 amide bonds. The lowest BCUT2D eigenvalue weighted by Crippen LogP contribution is -2.49. The first-order valence-corrected chi connectivity index (χ1v) is 11.2. The molecule has 1 fully saturated rings. The van der Waals surface area contributed by atoms with Gasteiger partial charge in [-0.3, -0.25) is 9.79 Å². The lowest BCUT2D eigenvalue weighted by atomic mass is 9.84. The van der Waals surface area contributed by atoms with E-state index in [4.69, 9.17) is 0 Å². The summed E-state index contributed by atoms with van der Waals surface area (Å²) in [7, 11) is 4.74. The van der Waals surface area contributed by atoms with E-state index in [1.165, 1.54) is 18.4 Å². The van der Waals surface area contributed by atoms with Gasteiger partial charge in [0.15, 0.2) is 5.96 Å². The molecule has 170 valence electrons. The van der Waals surface area contributed by atoms with Crippen LogP contribution in [-0.4, -0.2) is 71.3 Å². The summed E-state index contributed by atoms with van der Waals surface area (Å²) in [6.07, 6.45) is 3.81. The number of carbonyl (C=O) groups is 1. The third-order valence-electron chi connectivity index (χ3n) is 5.42. The molecule has 1 aliphatic carbocycles. The van der Waals surface area contributed by atoms with Crippen LogP contribution in [0.1, 0.15) is 31.2 Å². The average Bonchev–Trinajstić information content (AvgIpc) is 3.17. The summed E-state index contributed by atoms with van der Waals surface area (Å²) in [5.41, 5.74) is 0.247. The van der Waals surface area contributed by atoms with Crippen LogP contribution < -0.4 is 10.6 Å². The maximum atomic E-state index is 12.7. The van der Waals surface area contributed by atoms with Crippen LogP contribution in [0.3, 0.4) is 0 Å². The van der Waals surface area contributed by atoms with Crippen LogP contribution in [0, 0.1) is 5.41 Å². The van der Waals surface area contributed by atoms with E-state index >= 15 is 0 Å². The number of hydrogen-bond donors (Lipinski definition) is 2. The molecule has 10 heteroatoms. The van der Waals surface area contributed by atoms with Gasteiger partial charge in [-0.2, -0.15) is 0 Å². The first-order valence-electron chi connectivity index (χ1n) is 9.81. The van der Waals surface area contributed by atoms with Gasteiger partial charge >= 0.3 is 0 Å². The number of nitrogens with one attached hydrogen (secondary N) is 2. The largest absolute Gasteiger partial charge is 0.355 e. The second-order valence-corrected chi connectivity index (χ2v) is 9.98. The predicted molar refractivity (Wildman–Crippen MR) is 131 cm³/mol. The summed E-state index contributed by atoms with van der Waals surface area (Å²) in [6, 6.07) is 6.91. The standard InChI is InChI=1S/C20H33N5O3S.HI/c1-21-19(23-15-20(12-8-9-13-20)18(26)24(2)3)22-14-16-10-6-7-11-17(16)29(27,28)25(4)5;/h6-7,10-11H,8-9,12-15H2,1-5H3,(H2,21,22,23);1H. The van der Waals surface area contributed by atoms with E-state index in [2.05, 4.69) is 15.6 Å². The van der Waals surface area contributed by atoms with Crippen molar-refractivity contribution >= 4 is 45.9 Å². The van der Waals surface area contributed by atoms with Crippen molar-refractivity contribution in [1.82, 2.24) is 19.8 Å². The molecule has 0 aliphatic heterocycles. The van der Waals surface area contributed by atoms with Gasteiger partial charge in [0.1, 0.15) is 0 Å². The summed E-state index contributed by atoms with van der Waals surface area (Å²) in [5, 5.41) is 6.45. The van der Waals surface area contributed by atoms with E-state index in [1.807, 2.05) is 6.07 Å². The van der Waals surface area contributed by atoms with E-state index in [1.54, 1.807) is 44.2 Å². The van der Waals surface area contributed by atoms with Crippen molar-refractivity contribution in [1.29, 1.82) is 0 Å². The van der Waals surface area contributed by atoms with Crippen molar-refractivity contribution in [3.05, 3.63) is 29.8 Å². The normalized spacial score (nSPS) is 16.1. The molecular formula is C20H34IN5O3S. The number of benzene rings is 1. The zero-order valence-electron chi connectivity index (χ0n) is 18.4. The summed E-state index contributed by atoms with van der Waals surface area (Å²) < 4.78 is 26.3. The fourth-order valence-corrected chi connectivity index (χ4v) is 4.86. The number of hydrogen-bond acceptors (Lipinski definition) is 4. The van der Waals surface area contributed by atoms with E-state index in [0.717, 1.165) is 25.7 Å². The summed E-state index contributed by atoms with van der Waals surface area (Å²) >= 11 is 0. The van der Waals surface area contributed by atoms with Crippen LogP contribution in [0.15, 0.2) is 34.2 Å². The Morgan fingerprint density at radius 3 is 2.23 bits per heavy atom. The van der Waals surface area contributed by atoms with Crippen molar-refractivity contribution in [3.8, 4) is 0 Å². The molecule has 1 aromatic rings. The lowest BCUT2D eigenvalue weighted by molar-refractivity contribution is -0.138. The van der Waals surface area contributed by atoms with Crippen molar-refractivity contribution in [2.24, 2.45) is 10.4 Å². The number of rotatable bonds is 7. The van der Waals surface area contributed by atoms with Gasteiger partial charge in [0.2, 0.25) is 15.9 Å². The number of halogens is 1. The number of aliphatic imine (C=N–C) groups is 1. The van der Waals surface area contributed by atoms with Crippen molar-refractivity contribution in [3.63, 3.8) is 0 Å². The van der Waals surface area contributed by atoms with E-state index in [-0.39, 0.29) is 34.8 Å². The van der Waals surface area contributed by atoms with Crippen molar-refractivity contribution in [2.45, 2.75) is 37.1 Å². The minimum absolute atomic E-state index is 0. The molecule has 0 radical (unpaired) electrons. The van der Waals surface area contributed by atoms with E-state index in [9.17, 15) is 13.2 Å². The number of nitrogens with zero attached hydrogens (tertiary/aromatic N) is 3. The molecule has 0 aromatic heterocycles. The molecule has 30 heavy (non-hydrogen) atoms. The van der Waals surface area contributed by atoms with Gasteiger partial charge in [-0.05, 0) is 24.5 Å². The molecule has 0 unspecified atom stereocenters. The van der Waals surface area contributed by atoms with Crippen LogP contribution in [-0.2, 0) is 21.4 Å². The summed E-state index contributed by atoms with van der Waals surface area (Å²) in [6.45, 7) is 0.804. The first kappa shape index (κ1) is 26.6. The minimum Gasteiger partial charge on any atom is -0.355 e. The Balaban J connectivity index is 0.00000450. The van der Waals surface area contributed by atoms with Gasteiger partial charge in [-0.25, -0.2) is 12.7 Å². The maximum absolute atomic E-state index is 12.7. The second-order valence-electron chi connectivity index (χ2n) is 7.86. The first-order chi connectivity index (χ1) is 13.6. The molecule has 1 aliphatic rings. The molecule has 0 spiro atoms. The summed E-state index contributed by atoms with van der Waals surface area (Å²) in [5.74, 6) is 0.681. The topological polar surface area (TPSA) is 94.1 Å². The van der Waals surface area contributed by atoms with Gasteiger partial charge in [-0.15, -0.1) is 24.0 Å². The Hall–Kier alpha value is -1.40. The zero-order valence-corrected chi connectivity index (χ0v) is 21.6. The average molecular weight is 551 g/mol. The van der Waals surface area contributed by atoms with Gasteiger partial charge in [-0.1, -0.05) is 31.0 Å². The third-order valence-corrected chi connectivity index (χ3v) is 7.33. The number of carbonyl (C=O) groups excluding carboxylic acids is 1. The molecule has 1 aromatic carbocycles. The molecule has 0 heterocycles. The Kier molecular flexibility index (Phi) is 10.0. The Labute approximate surface area is 197 Å². The zero-order chi connectivity index (χ0) is 21.7. The third kappa shape index (κ3) is 6.07. The van der Waals surface area contributed by atoms with Gasteiger partial charge in [0, 0.05) is 48.3 Å². The molecule has 8 nitrogen and oxygen atoms in total. The van der Waals surface area contributed by atoms with E-state index < -0.39 is 15.4 Å². The van der Waals surface area contributed by atoms with Gasteiger partial charge in [0.25, 0.3) is 0 Å². The molecule has 1 saturated carbocycles. The Morgan fingerprint density at radius 1 is 1.10 bits per heavy atom. The number of amides is 1. The molecule has 0 atom stereocenters. The maximum Gasteiger partial charge on any atom is 0.242 e. The molecular weight excluding hydrogens is 517 g/mol. The highest BCUT2D eigenvalue weighted by molar-refractivity contribution is 14.0. The number of guanidine groups is 1. The highest BCUT2D eigenvalue weighted by Crippen LogP contribution is 2.38. The molecule has 2 N–H and O–H groups in total. The Bertz CT molecular complexity index is 850. The fraction of sp³-hybridized carbons (Fsp3) is 0.600. The van der Waals surface area contributed by atoms with Crippen LogP contribution in [0.25, 0.3) is 0 Å². The van der Waals surface area contributed by atoms with Crippen molar-refractivity contribution in [2.75, 3.05) is 41.8 Å². The highest BCUT2D eigenvalue weighted by atomic mass is 127. The minimum atomic E-state index is -3.54. The highest BCUT2D eigenvalue weighted by Gasteiger charge is 2.42. The van der Waals surface area contributed by atoms with Crippen LogP contribution in [0.2, 0.25) is 0 Å². The predicted octanol–water partition coefficient (Wildman–Crippen LogP) is 1.87. The lowest BCUT2D eigenvalue weighted by Gasteiger charge is -2.31. The van der Waals surface area contributed by atoms with Crippen molar-refractivity contribution < 1.29 is 13.2 Å². The fourth-order valence-electron chi connectivity index (χ4n) is 3.74. The molecule has 0 bridgehead atoms. The SMILES string of the molecule is CN=C(NCc1ccccc1S(=O)(=O)N(C)C)NCC1(C(=O)N(C)C)CCCC1.I. The van der Waals surface area contributed by atoms with E-state index in [0.29, 0.717) is 24.6 Å². The molecule has 2 rings (SSSR count). The van der Waals surface area contributed by atoms with Gasteiger partial charge in [0.05, 0.1) is 10.3 Å². The second kappa shape index (κ2) is 11.3. The monoisotopic (exact) mass is 551 g/mol. The summed E-state index contributed by atoms with van der Waals surface area (Å²) in [4.78, 5) is 18.9. The van der Waals surface area contributed by atoms with Crippen LogP contribution in [0.5, 0.6) is 0 Å². The van der Waals surface area contributed by atoms with Gasteiger partial charge < -0.3 is 15.5 Å². The smallest absolute Gasteiger partial charge is 0.242 e. The Morgan fingerprint density at radius 2 is 1.70 bits per heavy atom. The van der Waals surface area contributed by atoms with Crippen LogP contribution >= 0.6 is 24.0 Å². The van der Waals surface area contributed by atoms with Crippen LogP contribution in [0.4, 0.5) is 0 Å². The molecule has 0 saturated heterocycles. The quantitative estimate of drug-likeness (QED) is 0.307.